The van der Waals surface area contributed by atoms with Gasteiger partial charge in [-0.2, -0.15) is 18.2 Å². The molecule has 3 heterocycles. The molecule has 0 aliphatic carbocycles. The lowest BCUT2D eigenvalue weighted by atomic mass is 9.92. The number of aromatic amines is 1. The molecule has 0 saturated carbocycles. The zero-order valence-electron chi connectivity index (χ0n) is 24.7. The average Bonchev–Trinajstić information content (AvgIpc) is 3.39. The molecule has 0 unspecified atom stereocenters. The number of benzene rings is 2. The normalized spacial score (nSPS) is 17.9. The highest BCUT2D eigenvalue weighted by Gasteiger charge is 2.31. The van der Waals surface area contributed by atoms with Gasteiger partial charge in [0.15, 0.2) is 5.96 Å². The average molecular weight is 609 g/mol. The fourth-order valence-electron chi connectivity index (χ4n) is 5.88. The quantitative estimate of drug-likeness (QED) is 0.109. The molecule has 2 aromatic carbocycles. The van der Waals surface area contributed by atoms with E-state index in [-0.39, 0.29) is 18.0 Å². The van der Waals surface area contributed by atoms with Crippen LogP contribution in [0.5, 0.6) is 0 Å². The third-order valence-corrected chi connectivity index (χ3v) is 8.13. The number of hydrogen-bond donors (Lipinski definition) is 6. The first kappa shape index (κ1) is 31.3. The van der Waals surface area contributed by atoms with E-state index in [2.05, 4.69) is 20.6 Å². The van der Waals surface area contributed by atoms with Crippen molar-refractivity contribution in [3.8, 4) is 16.9 Å². The minimum absolute atomic E-state index is 0.0207. The summed E-state index contributed by atoms with van der Waals surface area (Å²) in [5, 5.41) is 14.5. The Balaban J connectivity index is 1.37. The van der Waals surface area contributed by atoms with Crippen LogP contribution in [0.25, 0.3) is 28.0 Å². The Hall–Kier alpha value is -4.16. The van der Waals surface area contributed by atoms with Crippen LogP contribution in [0.15, 0.2) is 59.5 Å². The van der Waals surface area contributed by atoms with Crippen LogP contribution in [0, 0.1) is 5.41 Å². The van der Waals surface area contributed by atoms with Crippen molar-refractivity contribution >= 4 is 17.0 Å². The lowest BCUT2D eigenvalue weighted by molar-refractivity contribution is -0.137. The molecule has 0 bridgehead atoms. The smallest absolute Gasteiger partial charge is 0.370 e. The molecular formula is C32H39F3N8O. The molecule has 1 aliphatic heterocycles. The first-order valence-corrected chi connectivity index (χ1v) is 15.0. The van der Waals surface area contributed by atoms with Gasteiger partial charge in [-0.25, -0.2) is 4.79 Å². The van der Waals surface area contributed by atoms with Gasteiger partial charge in [-0.15, -0.1) is 0 Å². The molecule has 3 atom stereocenters. The predicted octanol–water partition coefficient (Wildman–Crippen LogP) is 5.13. The Morgan fingerprint density at radius 3 is 2.66 bits per heavy atom. The number of piperidine rings is 1. The van der Waals surface area contributed by atoms with Crippen molar-refractivity contribution in [3.05, 3.63) is 81.9 Å². The summed E-state index contributed by atoms with van der Waals surface area (Å²) in [7, 11) is 0. The number of nitrogens with two attached hydrogens (primary N) is 2. The first-order valence-electron chi connectivity index (χ1n) is 15.0. The second kappa shape index (κ2) is 13.2. The third kappa shape index (κ3) is 7.67. The Morgan fingerprint density at radius 2 is 1.95 bits per heavy atom. The molecule has 9 nitrogen and oxygen atoms in total. The van der Waals surface area contributed by atoms with Crippen LogP contribution in [0.4, 0.5) is 13.2 Å². The van der Waals surface area contributed by atoms with Gasteiger partial charge in [-0.1, -0.05) is 18.6 Å². The number of fused-ring (bicyclic) bond motifs is 1. The van der Waals surface area contributed by atoms with E-state index in [0.717, 1.165) is 37.3 Å². The molecule has 44 heavy (non-hydrogen) atoms. The molecule has 1 aliphatic rings. The van der Waals surface area contributed by atoms with E-state index in [9.17, 15) is 18.0 Å². The zero-order valence-corrected chi connectivity index (χ0v) is 24.7. The van der Waals surface area contributed by atoms with Crippen molar-refractivity contribution in [2.45, 2.75) is 76.2 Å². The molecule has 2 aromatic heterocycles. The van der Waals surface area contributed by atoms with Crippen molar-refractivity contribution in [2.75, 3.05) is 6.54 Å². The standard InChI is InChI=1S/C32H39F3N8O/c1-19(36)4-2-5-20-14-22(16-24(15-20)32(33,34)35)28-17-23-18-43(31(44)42-29(23)41-28)26-10-8-21(9-11-26)27-7-3-6-25(40-27)12-13-39-30(37)38/h8-11,14-19,25,27,40H,2-7,12-13,36H2,1H3,(H4,37,38,39)(H,41,42,44)/t19-,25-,27-/m0/s1. The van der Waals surface area contributed by atoms with Gasteiger partial charge < -0.3 is 27.1 Å². The minimum atomic E-state index is -4.49. The molecule has 1 fully saturated rings. The van der Waals surface area contributed by atoms with Crippen molar-refractivity contribution in [1.29, 1.82) is 5.41 Å². The van der Waals surface area contributed by atoms with E-state index >= 15 is 0 Å². The Morgan fingerprint density at radius 1 is 1.18 bits per heavy atom. The van der Waals surface area contributed by atoms with E-state index in [1.165, 1.54) is 10.6 Å². The van der Waals surface area contributed by atoms with E-state index in [1.807, 2.05) is 31.2 Å². The van der Waals surface area contributed by atoms with Gasteiger partial charge in [0.25, 0.3) is 0 Å². The number of H-pyrrole nitrogens is 1. The third-order valence-electron chi connectivity index (χ3n) is 8.13. The van der Waals surface area contributed by atoms with Crippen molar-refractivity contribution in [3.63, 3.8) is 0 Å². The van der Waals surface area contributed by atoms with E-state index in [4.69, 9.17) is 16.9 Å². The highest BCUT2D eigenvalue weighted by molar-refractivity contribution is 5.82. The van der Waals surface area contributed by atoms with E-state index < -0.39 is 17.4 Å². The molecule has 4 aromatic rings. The van der Waals surface area contributed by atoms with Crippen LogP contribution in [0.3, 0.4) is 0 Å². The highest BCUT2D eigenvalue weighted by Crippen LogP contribution is 2.34. The largest absolute Gasteiger partial charge is 0.416 e. The second-order valence-electron chi connectivity index (χ2n) is 11.7. The first-order chi connectivity index (χ1) is 21.0. The highest BCUT2D eigenvalue weighted by atomic mass is 19.4. The summed E-state index contributed by atoms with van der Waals surface area (Å²) in [6, 6.07) is 14.0. The molecule has 12 heteroatoms. The SMILES string of the molecule is C[C@H](N)CCCc1cc(-c2cc3cn(-c4ccc([C@@H]5CCC[C@@H](CCNC(=N)N)N5)cc4)c(=O)nc3[nH]2)cc(C(F)(F)F)c1. The maximum atomic E-state index is 13.7. The molecule has 1 saturated heterocycles. The summed E-state index contributed by atoms with van der Waals surface area (Å²) >= 11 is 0. The number of nitrogens with zero attached hydrogens (tertiary/aromatic N) is 2. The van der Waals surface area contributed by atoms with E-state index in [1.54, 1.807) is 18.3 Å². The van der Waals surface area contributed by atoms with Crippen LogP contribution < -0.4 is 27.8 Å². The summed E-state index contributed by atoms with van der Waals surface area (Å²) in [6.45, 7) is 2.52. The van der Waals surface area contributed by atoms with Crippen LogP contribution in [-0.4, -0.2) is 39.1 Å². The molecule has 0 spiro atoms. The summed E-state index contributed by atoms with van der Waals surface area (Å²) < 4.78 is 42.7. The lowest BCUT2D eigenvalue weighted by Crippen LogP contribution is -2.40. The monoisotopic (exact) mass is 608 g/mol. The summed E-state index contributed by atoms with van der Waals surface area (Å²) in [5.74, 6) is -0.0275. The minimum Gasteiger partial charge on any atom is -0.370 e. The topological polar surface area (TPSA) is 151 Å². The van der Waals surface area contributed by atoms with Gasteiger partial charge in [0.2, 0.25) is 0 Å². The molecule has 234 valence electrons. The van der Waals surface area contributed by atoms with Crippen molar-refractivity contribution < 1.29 is 13.2 Å². The molecule has 8 N–H and O–H groups in total. The van der Waals surface area contributed by atoms with Crippen LogP contribution in [0.1, 0.15) is 68.2 Å². The summed E-state index contributed by atoms with van der Waals surface area (Å²) in [4.78, 5) is 20.2. The van der Waals surface area contributed by atoms with E-state index in [0.29, 0.717) is 65.4 Å². The predicted molar refractivity (Wildman–Crippen MR) is 167 cm³/mol. The fraction of sp³-hybridized carbons (Fsp3) is 0.406. The number of aryl methyl sites for hydroxylation is 1. The van der Waals surface area contributed by atoms with Gasteiger partial charge in [-0.3, -0.25) is 9.98 Å². The van der Waals surface area contributed by atoms with Crippen molar-refractivity contribution in [2.24, 2.45) is 11.5 Å². The van der Waals surface area contributed by atoms with Crippen LogP contribution >= 0.6 is 0 Å². The Bertz CT molecular complexity index is 1660. The maximum absolute atomic E-state index is 13.7. The van der Waals surface area contributed by atoms with Gasteiger partial charge in [0, 0.05) is 41.9 Å². The molecular weight excluding hydrogens is 569 g/mol. The number of halogens is 3. The van der Waals surface area contributed by atoms with Gasteiger partial charge in [0.05, 0.1) is 11.3 Å². The van der Waals surface area contributed by atoms with Crippen molar-refractivity contribution in [1.82, 2.24) is 25.2 Å². The van der Waals surface area contributed by atoms with Crippen LogP contribution in [0.2, 0.25) is 0 Å². The molecule has 0 amide bonds. The molecule has 5 rings (SSSR count). The number of aromatic nitrogens is 3. The van der Waals surface area contributed by atoms with Gasteiger partial charge in [-0.05, 0) is 98.5 Å². The molecule has 0 radical (unpaired) electrons. The number of rotatable bonds is 10. The number of hydrogen-bond acceptors (Lipinski definition) is 5. The number of alkyl halides is 3. The summed E-state index contributed by atoms with van der Waals surface area (Å²) in [5.41, 5.74) is 13.5. The summed E-state index contributed by atoms with van der Waals surface area (Å²) in [6.07, 6.45) is 3.05. The number of guanidine groups is 1. The lowest BCUT2D eigenvalue weighted by Gasteiger charge is -2.31. The Kier molecular flexibility index (Phi) is 9.40. The maximum Gasteiger partial charge on any atom is 0.416 e. The fourth-order valence-corrected chi connectivity index (χ4v) is 5.88. The second-order valence-corrected chi connectivity index (χ2v) is 11.7. The van der Waals surface area contributed by atoms with Gasteiger partial charge >= 0.3 is 11.9 Å². The number of nitrogens with one attached hydrogen (secondary N) is 4. The zero-order chi connectivity index (χ0) is 31.4. The van der Waals surface area contributed by atoms with Crippen LogP contribution in [-0.2, 0) is 12.6 Å². The Labute approximate surface area is 253 Å². The van der Waals surface area contributed by atoms with Gasteiger partial charge in [0.1, 0.15) is 5.65 Å².